The van der Waals surface area contributed by atoms with E-state index in [0.29, 0.717) is 16.7 Å². The van der Waals surface area contributed by atoms with Crippen LogP contribution in [0.15, 0.2) is 51.9 Å². The molecule has 4 rings (SSSR count). The van der Waals surface area contributed by atoms with Crippen LogP contribution in [0.1, 0.15) is 49.0 Å². The van der Waals surface area contributed by atoms with Crippen molar-refractivity contribution in [1.82, 2.24) is 0 Å². The summed E-state index contributed by atoms with van der Waals surface area (Å²) in [5, 5.41) is 0.647. The highest BCUT2D eigenvalue weighted by molar-refractivity contribution is 5.96. The number of hydrogen-bond acceptors (Lipinski definition) is 5. The maximum atomic E-state index is 13.5. The first-order valence-electron chi connectivity index (χ1n) is 11.8. The van der Waals surface area contributed by atoms with Crippen molar-refractivity contribution >= 4 is 33.9 Å². The summed E-state index contributed by atoms with van der Waals surface area (Å²) in [5.41, 5.74) is 6.73. The van der Waals surface area contributed by atoms with Gasteiger partial charge in [0.2, 0.25) is 5.55 Å². The Morgan fingerprint density at radius 1 is 1.06 bits per heavy atom. The average molecular weight is 487 g/mol. The van der Waals surface area contributed by atoms with Crippen molar-refractivity contribution in [2.45, 2.75) is 39.3 Å². The number of benzene rings is 2. The van der Waals surface area contributed by atoms with Gasteiger partial charge >= 0.3 is 6.18 Å². The SMILES string of the molecule is CCN(CC)c1ccc2cc(C(N)=O)c(=Nc3cc(C(F)(F)F)ccc3N3CCCCC3)oc2c1. The van der Waals surface area contributed by atoms with Gasteiger partial charge < -0.3 is 20.0 Å². The molecule has 186 valence electrons. The summed E-state index contributed by atoms with van der Waals surface area (Å²) < 4.78 is 46.6. The Bertz CT molecular complexity index is 1290. The zero-order chi connectivity index (χ0) is 25.2. The Labute approximate surface area is 201 Å². The normalized spacial score (nSPS) is 15.0. The lowest BCUT2D eigenvalue weighted by Crippen LogP contribution is -2.29. The number of amides is 1. The van der Waals surface area contributed by atoms with Crippen LogP contribution >= 0.6 is 0 Å². The predicted molar refractivity (Wildman–Crippen MR) is 131 cm³/mol. The summed E-state index contributed by atoms with van der Waals surface area (Å²) in [5.74, 6) is -0.770. The molecule has 2 aromatic carbocycles. The van der Waals surface area contributed by atoms with E-state index in [1.165, 1.54) is 6.07 Å². The number of nitrogens with two attached hydrogens (primary N) is 1. The first-order valence-corrected chi connectivity index (χ1v) is 11.8. The number of hydrogen-bond donors (Lipinski definition) is 1. The van der Waals surface area contributed by atoms with Crippen LogP contribution in [0.5, 0.6) is 0 Å². The summed E-state index contributed by atoms with van der Waals surface area (Å²) in [4.78, 5) is 20.8. The van der Waals surface area contributed by atoms with Crippen LogP contribution in [0.4, 0.5) is 30.2 Å². The van der Waals surface area contributed by atoms with E-state index in [0.717, 1.165) is 63.3 Å². The van der Waals surface area contributed by atoms with Crippen LogP contribution in [-0.4, -0.2) is 32.1 Å². The summed E-state index contributed by atoms with van der Waals surface area (Å²) in [6.45, 7) is 7.11. The van der Waals surface area contributed by atoms with E-state index in [4.69, 9.17) is 10.2 Å². The van der Waals surface area contributed by atoms with Crippen LogP contribution in [0.3, 0.4) is 0 Å². The van der Waals surface area contributed by atoms with E-state index in [-0.39, 0.29) is 16.8 Å². The molecule has 35 heavy (non-hydrogen) atoms. The second kappa shape index (κ2) is 10.0. The standard InChI is InChI=1S/C26H29F3N4O2/c1-3-32(4-2)19-10-8-17-14-20(24(30)34)25(35-23(17)16-19)31-21-15-18(26(27,28)29)9-11-22(21)33-12-6-5-7-13-33/h8-11,14-16H,3-7,12-13H2,1-2H3,(H2,30,34). The third-order valence-electron chi connectivity index (χ3n) is 6.35. The second-order valence-corrected chi connectivity index (χ2v) is 8.58. The Kier molecular flexibility index (Phi) is 7.05. The van der Waals surface area contributed by atoms with E-state index in [1.807, 2.05) is 36.9 Å². The van der Waals surface area contributed by atoms with Gasteiger partial charge in [0.1, 0.15) is 11.1 Å². The topological polar surface area (TPSA) is 75.1 Å². The number of alkyl halides is 3. The number of carbonyl (C=O) groups is 1. The molecule has 0 saturated carbocycles. The molecule has 1 amide bonds. The van der Waals surface area contributed by atoms with E-state index in [9.17, 15) is 18.0 Å². The highest BCUT2D eigenvalue weighted by Gasteiger charge is 2.31. The van der Waals surface area contributed by atoms with Crippen LogP contribution < -0.4 is 21.1 Å². The van der Waals surface area contributed by atoms with Crippen molar-refractivity contribution in [1.29, 1.82) is 0 Å². The predicted octanol–water partition coefficient (Wildman–Crippen LogP) is 5.62. The molecule has 0 atom stereocenters. The van der Waals surface area contributed by atoms with Gasteiger partial charge in [-0.25, -0.2) is 4.99 Å². The van der Waals surface area contributed by atoms with Gasteiger partial charge in [-0.3, -0.25) is 4.79 Å². The van der Waals surface area contributed by atoms with E-state index in [2.05, 4.69) is 9.89 Å². The van der Waals surface area contributed by atoms with Crippen molar-refractivity contribution in [2.24, 2.45) is 10.7 Å². The number of carbonyl (C=O) groups excluding carboxylic acids is 1. The van der Waals surface area contributed by atoms with Crippen LogP contribution in [0, 0.1) is 0 Å². The number of anilines is 2. The van der Waals surface area contributed by atoms with Crippen molar-refractivity contribution in [3.05, 3.63) is 59.1 Å². The molecule has 9 heteroatoms. The van der Waals surface area contributed by atoms with Gasteiger partial charge in [-0.1, -0.05) is 0 Å². The first kappa shape index (κ1) is 24.6. The fourth-order valence-corrected chi connectivity index (χ4v) is 4.45. The lowest BCUT2D eigenvalue weighted by molar-refractivity contribution is -0.137. The molecule has 1 aliphatic rings. The Morgan fingerprint density at radius 2 is 1.77 bits per heavy atom. The molecule has 1 aromatic heterocycles. The molecule has 1 aliphatic heterocycles. The van der Waals surface area contributed by atoms with Gasteiger partial charge in [-0.15, -0.1) is 0 Å². The average Bonchev–Trinajstić information content (AvgIpc) is 2.84. The fourth-order valence-electron chi connectivity index (χ4n) is 4.45. The zero-order valence-electron chi connectivity index (χ0n) is 19.9. The zero-order valence-corrected chi connectivity index (χ0v) is 19.9. The van der Waals surface area contributed by atoms with Crippen molar-refractivity contribution in [2.75, 3.05) is 36.0 Å². The molecular weight excluding hydrogens is 457 g/mol. The maximum absolute atomic E-state index is 13.5. The number of nitrogens with zero attached hydrogens (tertiary/aromatic N) is 3. The lowest BCUT2D eigenvalue weighted by atomic mass is 10.1. The van der Waals surface area contributed by atoms with E-state index in [1.54, 1.807) is 6.07 Å². The van der Waals surface area contributed by atoms with Crippen molar-refractivity contribution in [3.8, 4) is 0 Å². The third-order valence-corrected chi connectivity index (χ3v) is 6.35. The number of primary amides is 1. The summed E-state index contributed by atoms with van der Waals surface area (Å²) in [6, 6.07) is 10.7. The minimum Gasteiger partial charge on any atom is -0.437 e. The van der Waals surface area contributed by atoms with Gasteiger partial charge in [0, 0.05) is 43.3 Å². The molecule has 0 bridgehead atoms. The first-order chi connectivity index (χ1) is 16.7. The Hall–Kier alpha value is -3.49. The molecule has 0 aliphatic carbocycles. The van der Waals surface area contributed by atoms with Crippen molar-refractivity contribution < 1.29 is 22.4 Å². The molecule has 2 N–H and O–H groups in total. The Morgan fingerprint density at radius 3 is 2.40 bits per heavy atom. The molecule has 3 aromatic rings. The molecule has 6 nitrogen and oxygen atoms in total. The molecule has 0 spiro atoms. The van der Waals surface area contributed by atoms with Gasteiger partial charge in [0.05, 0.1) is 16.9 Å². The van der Waals surface area contributed by atoms with Crippen molar-refractivity contribution in [3.63, 3.8) is 0 Å². The summed E-state index contributed by atoms with van der Waals surface area (Å²) in [6.07, 6.45) is -1.57. The molecular formula is C26H29F3N4O2. The highest BCUT2D eigenvalue weighted by atomic mass is 19.4. The maximum Gasteiger partial charge on any atom is 0.416 e. The molecule has 1 saturated heterocycles. The number of rotatable bonds is 6. The van der Waals surface area contributed by atoms with E-state index >= 15 is 0 Å². The van der Waals surface area contributed by atoms with Gasteiger partial charge in [0.25, 0.3) is 5.91 Å². The smallest absolute Gasteiger partial charge is 0.416 e. The van der Waals surface area contributed by atoms with Crippen LogP contribution in [0.25, 0.3) is 11.0 Å². The number of fused-ring (bicyclic) bond motifs is 1. The molecule has 0 radical (unpaired) electrons. The largest absolute Gasteiger partial charge is 0.437 e. The quantitative estimate of drug-likeness (QED) is 0.491. The van der Waals surface area contributed by atoms with Gasteiger partial charge in [-0.2, -0.15) is 13.2 Å². The lowest BCUT2D eigenvalue weighted by Gasteiger charge is -2.30. The minimum atomic E-state index is -4.53. The van der Waals surface area contributed by atoms with E-state index < -0.39 is 17.6 Å². The Balaban J connectivity index is 1.94. The minimum absolute atomic E-state index is 0.00935. The fraction of sp³-hybridized carbons (Fsp3) is 0.385. The highest BCUT2D eigenvalue weighted by Crippen LogP contribution is 2.37. The van der Waals surface area contributed by atoms with Crippen LogP contribution in [-0.2, 0) is 6.18 Å². The summed E-state index contributed by atoms with van der Waals surface area (Å²) in [7, 11) is 0. The van der Waals surface area contributed by atoms with Gasteiger partial charge in [0.15, 0.2) is 0 Å². The third kappa shape index (κ3) is 5.28. The monoisotopic (exact) mass is 486 g/mol. The molecule has 2 heterocycles. The number of piperidine rings is 1. The summed E-state index contributed by atoms with van der Waals surface area (Å²) >= 11 is 0. The molecule has 1 fully saturated rings. The van der Waals surface area contributed by atoms with Gasteiger partial charge in [-0.05, 0) is 69.5 Å². The molecule has 0 unspecified atom stereocenters. The number of halogens is 3. The second-order valence-electron chi connectivity index (χ2n) is 8.58. The van der Waals surface area contributed by atoms with Crippen LogP contribution in [0.2, 0.25) is 0 Å².